The van der Waals surface area contributed by atoms with Gasteiger partial charge in [0.05, 0.1) is 24.8 Å². The summed E-state index contributed by atoms with van der Waals surface area (Å²) >= 11 is 0. The van der Waals surface area contributed by atoms with E-state index >= 15 is 0 Å². The standard InChI is InChI=1S/C28H33N3O6S/c1-20-11-14-24(15-12-20)38(34,35)31(23-13-16-25(36-4)26(17-23)37-5)19-27(32)30(21(2)28(33)29-3)18-22-9-7-6-8-10-22/h6-17,21H,18-19H2,1-5H3,(H,29,33)/t21-/m1/s1. The van der Waals surface area contributed by atoms with Gasteiger partial charge in [0.2, 0.25) is 11.8 Å². The Labute approximate surface area is 224 Å². The molecule has 1 N–H and O–H groups in total. The average molecular weight is 540 g/mol. The van der Waals surface area contributed by atoms with E-state index in [9.17, 15) is 18.0 Å². The Morgan fingerprint density at radius 1 is 0.921 bits per heavy atom. The summed E-state index contributed by atoms with van der Waals surface area (Å²) in [4.78, 5) is 27.7. The molecule has 1 atom stereocenters. The highest BCUT2D eigenvalue weighted by Crippen LogP contribution is 2.34. The van der Waals surface area contributed by atoms with Crippen molar-refractivity contribution >= 4 is 27.5 Å². The van der Waals surface area contributed by atoms with Gasteiger partial charge in [-0.2, -0.15) is 0 Å². The predicted molar refractivity (Wildman–Crippen MR) is 146 cm³/mol. The first-order valence-electron chi connectivity index (χ1n) is 12.0. The van der Waals surface area contributed by atoms with Gasteiger partial charge in [0.1, 0.15) is 12.6 Å². The highest BCUT2D eigenvalue weighted by atomic mass is 32.2. The molecule has 3 aromatic rings. The van der Waals surface area contributed by atoms with Gasteiger partial charge in [0.25, 0.3) is 10.0 Å². The van der Waals surface area contributed by atoms with Crippen LogP contribution in [0.2, 0.25) is 0 Å². The summed E-state index contributed by atoms with van der Waals surface area (Å²) in [6.45, 7) is 3.04. The van der Waals surface area contributed by atoms with Gasteiger partial charge in [-0.25, -0.2) is 8.42 Å². The highest BCUT2D eigenvalue weighted by molar-refractivity contribution is 7.92. The summed E-state index contributed by atoms with van der Waals surface area (Å²) in [5, 5.41) is 2.56. The van der Waals surface area contributed by atoms with Crippen LogP contribution in [0.3, 0.4) is 0 Å². The van der Waals surface area contributed by atoms with Crippen LogP contribution in [-0.2, 0) is 26.2 Å². The molecule has 3 aromatic carbocycles. The molecule has 0 aromatic heterocycles. The Kier molecular flexibility index (Phi) is 9.35. The molecule has 3 rings (SSSR count). The number of benzene rings is 3. The number of sulfonamides is 1. The van der Waals surface area contributed by atoms with E-state index in [-0.39, 0.29) is 23.0 Å². The summed E-state index contributed by atoms with van der Waals surface area (Å²) in [7, 11) is 0.227. The van der Waals surface area contributed by atoms with Crippen molar-refractivity contribution in [3.05, 3.63) is 83.9 Å². The number of carbonyl (C=O) groups excluding carboxylic acids is 2. The topological polar surface area (TPSA) is 105 Å². The van der Waals surface area contributed by atoms with Gasteiger partial charge in [0.15, 0.2) is 11.5 Å². The van der Waals surface area contributed by atoms with Crippen molar-refractivity contribution in [2.75, 3.05) is 32.1 Å². The van der Waals surface area contributed by atoms with Gasteiger partial charge >= 0.3 is 0 Å². The second kappa shape index (κ2) is 12.5. The van der Waals surface area contributed by atoms with E-state index < -0.39 is 28.5 Å². The highest BCUT2D eigenvalue weighted by Gasteiger charge is 2.32. The maximum atomic E-state index is 13.9. The number of nitrogens with one attached hydrogen (secondary N) is 1. The smallest absolute Gasteiger partial charge is 0.264 e. The molecule has 10 heteroatoms. The van der Waals surface area contributed by atoms with Crippen LogP contribution in [0.25, 0.3) is 0 Å². The summed E-state index contributed by atoms with van der Waals surface area (Å²) in [6.07, 6.45) is 0. The fraction of sp³-hybridized carbons (Fsp3) is 0.286. The van der Waals surface area contributed by atoms with Crippen LogP contribution in [-0.4, -0.2) is 59.0 Å². The maximum Gasteiger partial charge on any atom is 0.264 e. The third-order valence-electron chi connectivity index (χ3n) is 6.15. The first-order valence-corrected chi connectivity index (χ1v) is 13.4. The Bertz CT molecular complexity index is 1360. The predicted octanol–water partition coefficient (Wildman–Crippen LogP) is 3.37. The van der Waals surface area contributed by atoms with E-state index in [4.69, 9.17) is 9.47 Å². The lowest BCUT2D eigenvalue weighted by molar-refractivity contribution is -0.139. The number of likely N-dealkylation sites (N-methyl/N-ethyl adjacent to an activating group) is 1. The van der Waals surface area contributed by atoms with E-state index in [1.807, 2.05) is 37.3 Å². The number of nitrogens with zero attached hydrogens (tertiary/aromatic N) is 2. The number of rotatable bonds is 11. The van der Waals surface area contributed by atoms with Crippen molar-refractivity contribution in [3.8, 4) is 11.5 Å². The number of hydrogen-bond donors (Lipinski definition) is 1. The van der Waals surface area contributed by atoms with Crippen molar-refractivity contribution in [1.82, 2.24) is 10.2 Å². The number of ether oxygens (including phenoxy) is 2. The molecule has 0 aliphatic rings. The Morgan fingerprint density at radius 2 is 1.55 bits per heavy atom. The summed E-state index contributed by atoms with van der Waals surface area (Å²) in [5.41, 5.74) is 1.91. The van der Waals surface area contributed by atoms with E-state index in [2.05, 4.69) is 5.32 Å². The molecule has 0 fully saturated rings. The maximum absolute atomic E-state index is 13.9. The first-order chi connectivity index (χ1) is 18.1. The van der Waals surface area contributed by atoms with Crippen molar-refractivity contribution in [1.29, 1.82) is 0 Å². The van der Waals surface area contributed by atoms with E-state index in [0.29, 0.717) is 11.5 Å². The Morgan fingerprint density at radius 3 is 2.13 bits per heavy atom. The van der Waals surface area contributed by atoms with Crippen LogP contribution < -0.4 is 19.1 Å². The van der Waals surface area contributed by atoms with Crippen LogP contribution in [0, 0.1) is 6.92 Å². The molecule has 0 spiro atoms. The summed E-state index contributed by atoms with van der Waals surface area (Å²) < 4.78 is 39.5. The molecule has 0 bridgehead atoms. The van der Waals surface area contributed by atoms with Gasteiger partial charge in [0, 0.05) is 19.7 Å². The minimum atomic E-state index is -4.18. The fourth-order valence-corrected chi connectivity index (χ4v) is 5.32. The lowest BCUT2D eigenvalue weighted by atomic mass is 10.1. The molecule has 0 aliphatic heterocycles. The third kappa shape index (κ3) is 6.44. The molecular formula is C28H33N3O6S. The molecule has 0 aliphatic carbocycles. The zero-order valence-electron chi connectivity index (χ0n) is 22.2. The normalized spacial score (nSPS) is 11.8. The summed E-state index contributed by atoms with van der Waals surface area (Å²) in [6, 6.07) is 19.4. The zero-order chi connectivity index (χ0) is 27.9. The molecule has 0 saturated heterocycles. The van der Waals surface area contributed by atoms with Crippen LogP contribution in [0.5, 0.6) is 11.5 Å². The first kappa shape index (κ1) is 28.5. The molecule has 38 heavy (non-hydrogen) atoms. The minimum Gasteiger partial charge on any atom is -0.493 e. The number of carbonyl (C=O) groups is 2. The lowest BCUT2D eigenvalue weighted by Gasteiger charge is -2.32. The van der Waals surface area contributed by atoms with E-state index in [1.54, 1.807) is 31.2 Å². The quantitative estimate of drug-likeness (QED) is 0.401. The number of amides is 2. The number of hydrogen-bond acceptors (Lipinski definition) is 6. The SMILES string of the molecule is CNC(=O)[C@@H](C)N(Cc1ccccc1)C(=O)CN(c1ccc(OC)c(OC)c1)S(=O)(=O)c1ccc(C)cc1. The second-order valence-electron chi connectivity index (χ2n) is 8.66. The van der Waals surface area contributed by atoms with E-state index in [0.717, 1.165) is 15.4 Å². The Balaban J connectivity index is 2.08. The molecule has 0 radical (unpaired) electrons. The zero-order valence-corrected chi connectivity index (χ0v) is 23.0. The van der Waals surface area contributed by atoms with Crippen molar-refractivity contribution < 1.29 is 27.5 Å². The average Bonchev–Trinajstić information content (AvgIpc) is 2.93. The third-order valence-corrected chi connectivity index (χ3v) is 7.94. The summed E-state index contributed by atoms with van der Waals surface area (Å²) in [5.74, 6) is -0.195. The molecular weight excluding hydrogens is 506 g/mol. The molecule has 202 valence electrons. The Hall–Kier alpha value is -4.05. The van der Waals surface area contributed by atoms with Gasteiger partial charge < -0.3 is 19.7 Å². The largest absolute Gasteiger partial charge is 0.493 e. The fourth-order valence-electron chi connectivity index (χ4n) is 3.92. The van der Waals surface area contributed by atoms with Crippen molar-refractivity contribution in [3.63, 3.8) is 0 Å². The van der Waals surface area contributed by atoms with Crippen LogP contribution in [0.4, 0.5) is 5.69 Å². The monoisotopic (exact) mass is 539 g/mol. The molecule has 2 amide bonds. The van der Waals surface area contributed by atoms with Gasteiger partial charge in [-0.1, -0.05) is 48.0 Å². The molecule has 0 heterocycles. The molecule has 9 nitrogen and oxygen atoms in total. The molecule has 0 unspecified atom stereocenters. The van der Waals surface area contributed by atoms with Crippen molar-refractivity contribution in [2.24, 2.45) is 0 Å². The van der Waals surface area contributed by atoms with Gasteiger partial charge in [-0.15, -0.1) is 0 Å². The van der Waals surface area contributed by atoms with E-state index in [1.165, 1.54) is 44.4 Å². The van der Waals surface area contributed by atoms with Crippen molar-refractivity contribution in [2.45, 2.75) is 31.3 Å². The minimum absolute atomic E-state index is 0.0274. The van der Waals surface area contributed by atoms with Crippen LogP contribution in [0.15, 0.2) is 77.7 Å². The van der Waals surface area contributed by atoms with Gasteiger partial charge in [-0.05, 0) is 43.7 Å². The number of anilines is 1. The van der Waals surface area contributed by atoms with Crippen LogP contribution >= 0.6 is 0 Å². The lowest BCUT2D eigenvalue weighted by Crippen LogP contribution is -2.50. The molecule has 0 saturated carbocycles. The number of methoxy groups -OCH3 is 2. The number of aryl methyl sites for hydroxylation is 1. The van der Waals surface area contributed by atoms with Gasteiger partial charge in [-0.3, -0.25) is 13.9 Å². The second-order valence-corrected chi connectivity index (χ2v) is 10.5. The van der Waals surface area contributed by atoms with Crippen LogP contribution in [0.1, 0.15) is 18.1 Å².